The van der Waals surface area contributed by atoms with Gasteiger partial charge < -0.3 is 0 Å². The minimum absolute atomic E-state index is 0.348. The van der Waals surface area contributed by atoms with Crippen molar-refractivity contribution in [3.8, 4) is 0 Å². The molecule has 0 heterocycles. The van der Waals surface area contributed by atoms with Crippen LogP contribution < -0.4 is 0 Å². The number of carbonyl (C=O) groups excluding carboxylic acids is 1. The summed E-state index contributed by atoms with van der Waals surface area (Å²) in [6.45, 7) is 1.64. The summed E-state index contributed by atoms with van der Waals surface area (Å²) in [6.07, 6.45) is 0. The SMILES string of the molecule is CC(=O)[CH2][SnH3]. The van der Waals surface area contributed by atoms with Crippen molar-refractivity contribution in [1.29, 1.82) is 0 Å². The molecule has 0 unspecified atom stereocenters. The van der Waals surface area contributed by atoms with Gasteiger partial charge in [-0.05, 0) is 0 Å². The Labute approximate surface area is 44.8 Å². The zero-order valence-electron chi connectivity index (χ0n) is 3.62. The Morgan fingerprint density at radius 3 is 2.20 bits per heavy atom. The van der Waals surface area contributed by atoms with E-state index in [0.717, 1.165) is 4.44 Å². The second-order valence-electron chi connectivity index (χ2n) is 1.06. The van der Waals surface area contributed by atoms with Crippen LogP contribution in [-0.4, -0.2) is 28.3 Å². The van der Waals surface area contributed by atoms with Crippen LogP contribution in [0.5, 0.6) is 0 Å². The summed E-state index contributed by atoms with van der Waals surface area (Å²) in [5.74, 6) is 0.348. The van der Waals surface area contributed by atoms with Crippen LogP contribution in [-0.2, 0) is 4.79 Å². The van der Waals surface area contributed by atoms with E-state index in [0.29, 0.717) is 28.3 Å². The Bertz CT molecular complexity index is 42.2. The fraction of sp³-hybridized carbons (Fsp3) is 0.667. The van der Waals surface area contributed by atoms with Gasteiger partial charge >= 0.3 is 44.5 Å². The maximum atomic E-state index is 9.86. The van der Waals surface area contributed by atoms with Gasteiger partial charge in [0.1, 0.15) is 0 Å². The van der Waals surface area contributed by atoms with Crippen LogP contribution in [0, 0.1) is 0 Å². The zero-order chi connectivity index (χ0) is 4.28. The molecule has 0 fully saturated rings. The van der Waals surface area contributed by atoms with Crippen LogP contribution in [0.15, 0.2) is 0 Å². The number of ketones is 1. The molecule has 0 aromatic heterocycles. The topological polar surface area (TPSA) is 17.1 Å². The van der Waals surface area contributed by atoms with Crippen molar-refractivity contribution in [1.82, 2.24) is 0 Å². The predicted molar refractivity (Wildman–Crippen MR) is 25.4 cm³/mol. The molecule has 0 atom stereocenters. The van der Waals surface area contributed by atoms with Crippen molar-refractivity contribution in [2.45, 2.75) is 11.4 Å². The van der Waals surface area contributed by atoms with Crippen LogP contribution in [0.2, 0.25) is 4.44 Å². The van der Waals surface area contributed by atoms with E-state index < -0.39 is 0 Å². The number of hydrogen-bond donors (Lipinski definition) is 0. The van der Waals surface area contributed by atoms with Gasteiger partial charge in [-0.3, -0.25) is 0 Å². The van der Waals surface area contributed by atoms with Gasteiger partial charge in [0.15, 0.2) is 0 Å². The van der Waals surface area contributed by atoms with Crippen molar-refractivity contribution in [3.05, 3.63) is 0 Å². The molecular formula is C3H8OSn. The third-order valence-electron chi connectivity index (χ3n) is 0.498. The van der Waals surface area contributed by atoms with E-state index >= 15 is 0 Å². The fourth-order valence-corrected chi connectivity index (χ4v) is 0. The molecule has 0 aliphatic rings. The Morgan fingerprint density at radius 2 is 2.20 bits per heavy atom. The number of Topliss-reactive ketones (excluding diaryl/α,β-unsaturated/α-hetero) is 1. The molecule has 0 aromatic carbocycles. The van der Waals surface area contributed by atoms with E-state index in [1.165, 1.54) is 0 Å². The van der Waals surface area contributed by atoms with Crippen LogP contribution in [0.4, 0.5) is 0 Å². The Morgan fingerprint density at radius 1 is 2.00 bits per heavy atom. The molecule has 0 aliphatic heterocycles. The van der Waals surface area contributed by atoms with E-state index in [-0.39, 0.29) is 0 Å². The van der Waals surface area contributed by atoms with Crippen LogP contribution in [0.25, 0.3) is 0 Å². The molecule has 0 saturated heterocycles. The average molecular weight is 179 g/mol. The molecule has 0 N–H and O–H groups in total. The summed E-state index contributed by atoms with van der Waals surface area (Å²) >= 11 is 0.601. The van der Waals surface area contributed by atoms with Gasteiger partial charge in [-0.25, -0.2) is 0 Å². The molecule has 0 bridgehead atoms. The summed E-state index contributed by atoms with van der Waals surface area (Å²) in [5.41, 5.74) is 0. The third kappa shape index (κ3) is 4.47. The predicted octanol–water partition coefficient (Wildman–Crippen LogP) is -0.641. The van der Waals surface area contributed by atoms with Crippen molar-refractivity contribution < 1.29 is 4.79 Å². The first kappa shape index (κ1) is 5.47. The van der Waals surface area contributed by atoms with Gasteiger partial charge in [-0.2, -0.15) is 0 Å². The van der Waals surface area contributed by atoms with Crippen molar-refractivity contribution in [2.75, 3.05) is 0 Å². The van der Waals surface area contributed by atoms with E-state index in [9.17, 15) is 4.79 Å². The fourth-order valence-electron chi connectivity index (χ4n) is 0. The third-order valence-corrected chi connectivity index (χ3v) is 3.34. The van der Waals surface area contributed by atoms with Crippen LogP contribution >= 0.6 is 0 Å². The minimum atomic E-state index is 0.348. The molecule has 5 heavy (non-hydrogen) atoms. The summed E-state index contributed by atoms with van der Waals surface area (Å²) in [6, 6.07) is 0. The standard InChI is InChI=1S/C3H5O.Sn.3H/c1-3(2)4;;;;/h1H2,2H3;;;;. The van der Waals surface area contributed by atoms with Gasteiger partial charge in [0.25, 0.3) is 0 Å². The Kier molecular flexibility index (Phi) is 2.94. The maximum absolute atomic E-state index is 9.86. The molecule has 0 saturated carbocycles. The molecule has 0 radical (unpaired) electrons. The number of carbonyl (C=O) groups is 1. The molecule has 0 aliphatic carbocycles. The molecule has 1 nitrogen and oxygen atoms in total. The van der Waals surface area contributed by atoms with Crippen molar-refractivity contribution >= 4 is 28.3 Å². The molecule has 2 heteroatoms. The van der Waals surface area contributed by atoms with E-state index in [2.05, 4.69) is 0 Å². The van der Waals surface area contributed by atoms with Gasteiger partial charge in [0, 0.05) is 0 Å². The van der Waals surface area contributed by atoms with Crippen molar-refractivity contribution in [3.63, 3.8) is 0 Å². The molecule has 0 spiro atoms. The van der Waals surface area contributed by atoms with Gasteiger partial charge in [-0.1, -0.05) is 0 Å². The van der Waals surface area contributed by atoms with Gasteiger partial charge in [0.2, 0.25) is 0 Å². The molecule has 0 aromatic rings. The first-order valence-electron chi connectivity index (χ1n) is 1.76. The molecular weight excluding hydrogens is 171 g/mol. The first-order chi connectivity index (χ1) is 2.27. The second-order valence-corrected chi connectivity index (χ2v) is 3.07. The quantitative estimate of drug-likeness (QED) is 0.489. The van der Waals surface area contributed by atoms with Crippen LogP contribution in [0.1, 0.15) is 6.92 Å². The molecule has 0 amide bonds. The Hall–Kier alpha value is 0.469. The molecule has 0 rings (SSSR count). The number of rotatable bonds is 1. The summed E-state index contributed by atoms with van der Waals surface area (Å²) in [5, 5.41) is 0. The van der Waals surface area contributed by atoms with E-state index in [1.807, 2.05) is 0 Å². The second kappa shape index (κ2) is 2.69. The first-order valence-corrected chi connectivity index (χ1v) is 5.80. The van der Waals surface area contributed by atoms with E-state index in [1.54, 1.807) is 6.92 Å². The van der Waals surface area contributed by atoms with E-state index in [4.69, 9.17) is 0 Å². The summed E-state index contributed by atoms with van der Waals surface area (Å²) in [7, 11) is 0. The zero-order valence-corrected chi connectivity index (χ0v) is 9.32. The van der Waals surface area contributed by atoms with Gasteiger partial charge in [-0.15, -0.1) is 0 Å². The normalized spacial score (nSPS) is 8.20. The van der Waals surface area contributed by atoms with Gasteiger partial charge in [0.05, 0.1) is 0 Å². The van der Waals surface area contributed by atoms with Crippen molar-refractivity contribution in [2.24, 2.45) is 0 Å². The monoisotopic (exact) mass is 180 g/mol. The Balaban J connectivity index is 2.85. The average Bonchev–Trinajstić information content (AvgIpc) is 1.38. The summed E-state index contributed by atoms with van der Waals surface area (Å²) in [4.78, 5) is 9.86. The molecule has 30 valence electrons. The number of hydrogen-bond acceptors (Lipinski definition) is 1. The summed E-state index contributed by atoms with van der Waals surface area (Å²) < 4.78 is 0.877. The van der Waals surface area contributed by atoms with Crippen LogP contribution in [0.3, 0.4) is 0 Å².